The summed E-state index contributed by atoms with van der Waals surface area (Å²) in [7, 11) is 0. The van der Waals surface area contributed by atoms with Crippen molar-refractivity contribution < 1.29 is 9.47 Å². The molecule has 0 unspecified atom stereocenters. The van der Waals surface area contributed by atoms with Crippen LogP contribution in [0.2, 0.25) is 0 Å². The van der Waals surface area contributed by atoms with E-state index in [-0.39, 0.29) is 5.41 Å². The molecule has 0 bridgehead atoms. The molecular weight excluding hydrogens is 448 g/mol. The second-order valence-corrected chi connectivity index (χ2v) is 9.68. The highest BCUT2D eigenvalue weighted by atomic mass is 32.1. The monoisotopic (exact) mass is 482 g/mol. The Morgan fingerprint density at radius 2 is 1.44 bits per heavy atom. The number of ether oxygens (including phenoxy) is 2. The largest absolute Gasteiger partial charge is 0.378 e. The molecule has 1 aliphatic carbocycles. The Bertz CT molecular complexity index is 921. The summed E-state index contributed by atoms with van der Waals surface area (Å²) < 4.78 is 11.1. The van der Waals surface area contributed by atoms with Crippen LogP contribution in [0.5, 0.6) is 0 Å². The van der Waals surface area contributed by atoms with Gasteiger partial charge in [0, 0.05) is 44.2 Å². The number of nitrogens with zero attached hydrogens (tertiary/aromatic N) is 4. The van der Waals surface area contributed by atoms with E-state index in [2.05, 4.69) is 56.8 Å². The molecule has 182 valence electrons. The molecule has 0 spiro atoms. The summed E-state index contributed by atoms with van der Waals surface area (Å²) in [5, 5.41) is 7.32. The molecular formula is C25H34N6O2S. The summed E-state index contributed by atoms with van der Waals surface area (Å²) in [6.45, 7) is 6.93. The molecule has 0 amide bonds. The van der Waals surface area contributed by atoms with Crippen molar-refractivity contribution in [2.45, 2.75) is 31.1 Å². The number of nitrogens with one attached hydrogen (secondary N) is 2. The molecule has 3 aliphatic rings. The van der Waals surface area contributed by atoms with Crippen molar-refractivity contribution >= 4 is 34.9 Å². The van der Waals surface area contributed by atoms with Crippen LogP contribution in [0.25, 0.3) is 0 Å². The van der Waals surface area contributed by atoms with Gasteiger partial charge in [-0.1, -0.05) is 43.2 Å². The predicted octanol–water partition coefficient (Wildman–Crippen LogP) is 2.95. The Balaban J connectivity index is 1.30. The first-order chi connectivity index (χ1) is 16.7. The van der Waals surface area contributed by atoms with Crippen LogP contribution in [0, 0.1) is 0 Å². The van der Waals surface area contributed by atoms with E-state index < -0.39 is 0 Å². The fourth-order valence-corrected chi connectivity index (χ4v) is 5.36. The molecule has 0 radical (unpaired) electrons. The highest BCUT2D eigenvalue weighted by Gasteiger charge is 2.35. The quantitative estimate of drug-likeness (QED) is 0.605. The van der Waals surface area contributed by atoms with Gasteiger partial charge in [-0.3, -0.25) is 0 Å². The van der Waals surface area contributed by atoms with Gasteiger partial charge in [0.25, 0.3) is 0 Å². The van der Waals surface area contributed by atoms with Crippen LogP contribution in [-0.4, -0.2) is 74.2 Å². The van der Waals surface area contributed by atoms with Crippen molar-refractivity contribution in [1.82, 2.24) is 15.3 Å². The van der Waals surface area contributed by atoms with Crippen LogP contribution in [0.15, 0.2) is 36.4 Å². The number of hydrogen-bond acceptors (Lipinski definition) is 7. The Morgan fingerprint density at radius 1 is 0.882 bits per heavy atom. The average molecular weight is 483 g/mol. The van der Waals surface area contributed by atoms with Crippen LogP contribution in [0.4, 0.5) is 17.6 Å². The highest BCUT2D eigenvalue weighted by molar-refractivity contribution is 7.80. The Kier molecular flexibility index (Phi) is 7.42. The summed E-state index contributed by atoms with van der Waals surface area (Å²) in [6.07, 6.45) is 4.86. The molecule has 5 rings (SSSR count). The minimum absolute atomic E-state index is 0.127. The number of thiocarbonyl (C=S) groups is 1. The van der Waals surface area contributed by atoms with Gasteiger partial charge in [0.05, 0.1) is 26.4 Å². The lowest BCUT2D eigenvalue weighted by atomic mass is 9.79. The van der Waals surface area contributed by atoms with E-state index in [9.17, 15) is 0 Å². The number of hydrogen-bond donors (Lipinski definition) is 2. The van der Waals surface area contributed by atoms with Crippen LogP contribution >= 0.6 is 12.2 Å². The van der Waals surface area contributed by atoms with Gasteiger partial charge in [0.2, 0.25) is 5.95 Å². The fourth-order valence-electron chi connectivity index (χ4n) is 5.19. The number of rotatable bonds is 6. The molecule has 1 saturated carbocycles. The van der Waals surface area contributed by atoms with E-state index in [0.29, 0.717) is 37.5 Å². The highest BCUT2D eigenvalue weighted by Crippen LogP contribution is 2.40. The third-order valence-corrected chi connectivity index (χ3v) is 7.38. The second-order valence-electron chi connectivity index (χ2n) is 9.27. The van der Waals surface area contributed by atoms with Gasteiger partial charge in [0.15, 0.2) is 5.11 Å². The number of anilines is 3. The van der Waals surface area contributed by atoms with Gasteiger partial charge < -0.3 is 29.9 Å². The van der Waals surface area contributed by atoms with Gasteiger partial charge in [-0.2, -0.15) is 9.97 Å². The fraction of sp³-hybridized carbons (Fsp3) is 0.560. The van der Waals surface area contributed by atoms with Crippen molar-refractivity contribution in [3.05, 3.63) is 42.0 Å². The van der Waals surface area contributed by atoms with Crippen LogP contribution in [0.1, 0.15) is 31.2 Å². The Labute approximate surface area is 207 Å². The van der Waals surface area contributed by atoms with Crippen molar-refractivity contribution in [3.63, 3.8) is 0 Å². The first-order valence-corrected chi connectivity index (χ1v) is 12.8. The summed E-state index contributed by atoms with van der Waals surface area (Å²) in [5.74, 6) is 2.34. The van der Waals surface area contributed by atoms with Gasteiger partial charge in [-0.15, -0.1) is 0 Å². The Hall–Kier alpha value is -2.49. The maximum absolute atomic E-state index is 5.70. The van der Waals surface area contributed by atoms with Gasteiger partial charge in [-0.05, 0) is 30.6 Å². The van der Waals surface area contributed by atoms with Crippen molar-refractivity contribution in [2.24, 2.45) is 0 Å². The number of aromatic nitrogens is 2. The minimum Gasteiger partial charge on any atom is -0.378 e. The SMILES string of the molecule is S=C(NCC1(c2ccccc2)CCCC1)Nc1nc(N2CCOCC2)cc(N2CCOCC2)n1. The van der Waals surface area contributed by atoms with Crippen LogP contribution in [-0.2, 0) is 14.9 Å². The summed E-state index contributed by atoms with van der Waals surface area (Å²) in [6, 6.07) is 12.9. The topological polar surface area (TPSA) is 74.8 Å². The van der Waals surface area contributed by atoms with Gasteiger partial charge >= 0.3 is 0 Å². The van der Waals surface area contributed by atoms with Crippen LogP contribution < -0.4 is 20.4 Å². The van der Waals surface area contributed by atoms with E-state index in [1.165, 1.54) is 31.2 Å². The van der Waals surface area contributed by atoms with E-state index in [0.717, 1.165) is 44.4 Å². The average Bonchev–Trinajstić information content (AvgIpc) is 3.39. The van der Waals surface area contributed by atoms with Crippen molar-refractivity contribution in [3.8, 4) is 0 Å². The normalized spacial score (nSPS) is 20.2. The zero-order valence-corrected chi connectivity index (χ0v) is 20.5. The standard InChI is InChI=1S/C25H34N6O2S/c34-24(26-19-25(8-4-5-9-25)20-6-2-1-3-7-20)29-23-27-21(30-10-14-32-15-11-30)18-22(28-23)31-12-16-33-17-13-31/h1-3,6-7,18H,4-5,8-17,19H2,(H2,26,27,28,29,34). The van der Waals surface area contributed by atoms with Crippen molar-refractivity contribution in [1.29, 1.82) is 0 Å². The van der Waals surface area contributed by atoms with Gasteiger partial charge in [0.1, 0.15) is 11.6 Å². The van der Waals surface area contributed by atoms with E-state index in [1.54, 1.807) is 0 Å². The molecule has 2 aromatic rings. The second kappa shape index (κ2) is 10.8. The summed E-state index contributed by atoms with van der Waals surface area (Å²) in [4.78, 5) is 14.1. The molecule has 9 heteroatoms. The maximum atomic E-state index is 5.70. The van der Waals surface area contributed by atoms with E-state index >= 15 is 0 Å². The lowest BCUT2D eigenvalue weighted by molar-refractivity contribution is 0.122. The lowest BCUT2D eigenvalue weighted by Gasteiger charge is -2.32. The maximum Gasteiger partial charge on any atom is 0.232 e. The third-order valence-electron chi connectivity index (χ3n) is 7.13. The summed E-state index contributed by atoms with van der Waals surface area (Å²) >= 11 is 5.70. The molecule has 0 atom stereocenters. The molecule has 3 heterocycles. The molecule has 8 nitrogen and oxygen atoms in total. The van der Waals surface area contributed by atoms with Gasteiger partial charge in [-0.25, -0.2) is 0 Å². The molecule has 34 heavy (non-hydrogen) atoms. The molecule has 2 N–H and O–H groups in total. The molecule has 2 aliphatic heterocycles. The summed E-state index contributed by atoms with van der Waals surface area (Å²) in [5.41, 5.74) is 1.52. The minimum atomic E-state index is 0.127. The zero-order chi connectivity index (χ0) is 23.2. The van der Waals surface area contributed by atoms with E-state index in [4.69, 9.17) is 31.7 Å². The smallest absolute Gasteiger partial charge is 0.232 e. The third kappa shape index (κ3) is 5.42. The first-order valence-electron chi connectivity index (χ1n) is 12.4. The van der Waals surface area contributed by atoms with E-state index in [1.807, 2.05) is 0 Å². The number of morpholine rings is 2. The van der Waals surface area contributed by atoms with Crippen LogP contribution in [0.3, 0.4) is 0 Å². The zero-order valence-electron chi connectivity index (χ0n) is 19.7. The predicted molar refractivity (Wildman–Crippen MR) is 139 cm³/mol. The molecule has 2 saturated heterocycles. The lowest BCUT2D eigenvalue weighted by Crippen LogP contribution is -2.41. The molecule has 3 fully saturated rings. The molecule has 1 aromatic heterocycles. The molecule has 1 aromatic carbocycles. The van der Waals surface area contributed by atoms with Crippen molar-refractivity contribution in [2.75, 3.05) is 74.3 Å². The Morgan fingerprint density at radius 3 is 2.00 bits per heavy atom. The number of benzene rings is 1. The first kappa shape index (κ1) is 23.3.